The van der Waals surface area contributed by atoms with E-state index >= 15 is 0 Å². The van der Waals surface area contributed by atoms with Gasteiger partial charge in [0.1, 0.15) is 0 Å². The zero-order valence-electron chi connectivity index (χ0n) is 20.5. The monoisotopic (exact) mass is 487 g/mol. The maximum atomic E-state index is 13.3. The molecule has 2 amide bonds. The Kier molecular flexibility index (Phi) is 6.15. The first-order chi connectivity index (χ1) is 16.8. The molecule has 3 aromatic heterocycles. The first-order valence-corrected chi connectivity index (χ1v) is 12.8. The van der Waals surface area contributed by atoms with Crippen LogP contribution in [-0.4, -0.2) is 37.9 Å². The van der Waals surface area contributed by atoms with Crippen molar-refractivity contribution >= 4 is 34.5 Å². The van der Waals surface area contributed by atoms with Gasteiger partial charge in [0, 0.05) is 53.1 Å². The quantitative estimate of drug-likeness (QED) is 0.439. The van der Waals surface area contributed by atoms with E-state index in [-0.39, 0.29) is 11.8 Å². The Morgan fingerprint density at radius 2 is 1.97 bits per heavy atom. The van der Waals surface area contributed by atoms with Crippen molar-refractivity contribution in [2.75, 3.05) is 11.9 Å². The van der Waals surface area contributed by atoms with E-state index in [0.717, 1.165) is 46.8 Å². The van der Waals surface area contributed by atoms with Crippen molar-refractivity contribution in [1.82, 2.24) is 19.5 Å². The predicted molar refractivity (Wildman–Crippen MR) is 138 cm³/mol. The Morgan fingerprint density at radius 3 is 2.80 bits per heavy atom. The summed E-state index contributed by atoms with van der Waals surface area (Å²) in [4.78, 5) is 34.1. The summed E-state index contributed by atoms with van der Waals surface area (Å²) in [7, 11) is 0. The van der Waals surface area contributed by atoms with E-state index in [2.05, 4.69) is 26.8 Å². The molecule has 5 rings (SSSR count). The molecular formula is C27H29N5O2S. The van der Waals surface area contributed by atoms with Crippen molar-refractivity contribution in [2.45, 2.75) is 53.5 Å². The van der Waals surface area contributed by atoms with Gasteiger partial charge in [-0.2, -0.15) is 5.10 Å². The van der Waals surface area contributed by atoms with Gasteiger partial charge >= 0.3 is 0 Å². The highest BCUT2D eigenvalue weighted by atomic mass is 32.1. The molecule has 180 valence electrons. The molecule has 1 N–H and O–H groups in total. The van der Waals surface area contributed by atoms with Crippen molar-refractivity contribution in [3.05, 3.63) is 79.9 Å². The van der Waals surface area contributed by atoms with Crippen LogP contribution in [0.3, 0.4) is 0 Å². The fourth-order valence-electron chi connectivity index (χ4n) is 4.85. The van der Waals surface area contributed by atoms with Crippen LogP contribution in [0.4, 0.5) is 5.69 Å². The number of benzene rings is 1. The van der Waals surface area contributed by atoms with E-state index in [1.165, 1.54) is 10.4 Å². The maximum Gasteiger partial charge on any atom is 0.254 e. The molecule has 1 aliphatic rings. The predicted octanol–water partition coefficient (Wildman–Crippen LogP) is 4.79. The number of hydrogen-bond donors (Lipinski definition) is 1. The Balaban J connectivity index is 1.28. The van der Waals surface area contributed by atoms with E-state index in [4.69, 9.17) is 0 Å². The van der Waals surface area contributed by atoms with Crippen LogP contribution < -0.4 is 5.32 Å². The van der Waals surface area contributed by atoms with Gasteiger partial charge in [0.15, 0.2) is 5.65 Å². The second-order valence-corrected chi connectivity index (χ2v) is 10.2. The van der Waals surface area contributed by atoms with Gasteiger partial charge in [0.25, 0.3) is 5.91 Å². The molecule has 8 heteroatoms. The minimum Gasteiger partial charge on any atom is -0.334 e. The first-order valence-electron chi connectivity index (χ1n) is 11.9. The second-order valence-electron chi connectivity index (χ2n) is 9.19. The molecule has 1 aromatic carbocycles. The van der Waals surface area contributed by atoms with E-state index < -0.39 is 0 Å². The number of carbonyl (C=O) groups excluding carboxylic acids is 2. The minimum absolute atomic E-state index is 0.00981. The summed E-state index contributed by atoms with van der Waals surface area (Å²) in [5.74, 6) is -0.0790. The van der Waals surface area contributed by atoms with Crippen molar-refractivity contribution in [3.63, 3.8) is 0 Å². The standard InChI is InChI=1S/C27H29N5O2S/c1-16-14-25-28-18(3)22(19(4)32(25)30-16)8-9-26(33)29-23-7-5-6-21(17(23)2)27(34)31-12-10-24-20(15-31)11-13-35-24/h5-7,11,13-14H,8-10,12,15H2,1-4H3,(H,29,33). The third-order valence-corrected chi connectivity index (χ3v) is 7.84. The lowest BCUT2D eigenvalue weighted by molar-refractivity contribution is -0.116. The number of nitrogens with one attached hydrogen (secondary N) is 1. The van der Waals surface area contributed by atoms with Crippen LogP contribution >= 0.6 is 11.3 Å². The van der Waals surface area contributed by atoms with E-state index in [1.807, 2.05) is 61.4 Å². The molecule has 0 spiro atoms. The number of aromatic nitrogens is 3. The number of fused-ring (bicyclic) bond motifs is 2. The molecule has 4 heterocycles. The smallest absolute Gasteiger partial charge is 0.254 e. The SMILES string of the molecule is Cc1cc2nc(C)c(CCC(=O)Nc3cccc(C(=O)N4CCc5sccc5C4)c3C)c(C)n2n1. The topological polar surface area (TPSA) is 79.6 Å². The average molecular weight is 488 g/mol. The van der Waals surface area contributed by atoms with Crippen molar-refractivity contribution in [2.24, 2.45) is 0 Å². The molecule has 35 heavy (non-hydrogen) atoms. The summed E-state index contributed by atoms with van der Waals surface area (Å²) in [5, 5.41) is 9.62. The summed E-state index contributed by atoms with van der Waals surface area (Å²) in [6.07, 6.45) is 1.78. The van der Waals surface area contributed by atoms with E-state index in [9.17, 15) is 9.59 Å². The highest BCUT2D eigenvalue weighted by Crippen LogP contribution is 2.27. The molecule has 0 unspecified atom stereocenters. The van der Waals surface area contributed by atoms with Crippen LogP contribution in [0.25, 0.3) is 5.65 Å². The molecule has 0 bridgehead atoms. The number of amides is 2. The lowest BCUT2D eigenvalue weighted by atomic mass is 10.0. The Hall–Kier alpha value is -3.52. The van der Waals surface area contributed by atoms with Gasteiger partial charge in [-0.15, -0.1) is 11.3 Å². The van der Waals surface area contributed by atoms with Gasteiger partial charge in [-0.1, -0.05) is 6.07 Å². The molecule has 0 saturated carbocycles. The van der Waals surface area contributed by atoms with Crippen molar-refractivity contribution < 1.29 is 9.59 Å². The van der Waals surface area contributed by atoms with Crippen molar-refractivity contribution in [3.8, 4) is 0 Å². The molecular weight excluding hydrogens is 458 g/mol. The normalized spacial score (nSPS) is 13.2. The molecule has 0 saturated heterocycles. The molecule has 1 aliphatic heterocycles. The molecule has 7 nitrogen and oxygen atoms in total. The van der Waals surface area contributed by atoms with E-state index in [1.54, 1.807) is 11.3 Å². The van der Waals surface area contributed by atoms with Gasteiger partial charge in [-0.25, -0.2) is 9.50 Å². The lowest BCUT2D eigenvalue weighted by Gasteiger charge is -2.28. The van der Waals surface area contributed by atoms with Crippen LogP contribution in [0.15, 0.2) is 35.7 Å². The molecule has 4 aromatic rings. The third-order valence-electron chi connectivity index (χ3n) is 6.82. The number of aryl methyl sites for hydroxylation is 3. The van der Waals surface area contributed by atoms with Gasteiger partial charge in [0.2, 0.25) is 5.91 Å². The molecule has 0 aliphatic carbocycles. The summed E-state index contributed by atoms with van der Waals surface area (Å²) in [6.45, 7) is 9.19. The Bertz CT molecular complexity index is 1450. The van der Waals surface area contributed by atoms with Crippen LogP contribution in [0.5, 0.6) is 0 Å². The fraction of sp³-hybridized carbons (Fsp3) is 0.333. The van der Waals surface area contributed by atoms with Gasteiger partial charge in [-0.05, 0) is 80.8 Å². The maximum absolute atomic E-state index is 13.3. The third kappa shape index (κ3) is 4.46. The lowest BCUT2D eigenvalue weighted by Crippen LogP contribution is -2.35. The average Bonchev–Trinajstić information content (AvgIpc) is 3.45. The number of nitrogens with zero attached hydrogens (tertiary/aromatic N) is 4. The number of rotatable bonds is 5. The molecule has 0 fully saturated rings. The highest BCUT2D eigenvalue weighted by molar-refractivity contribution is 7.10. The number of anilines is 1. The zero-order valence-corrected chi connectivity index (χ0v) is 21.3. The number of hydrogen-bond acceptors (Lipinski definition) is 5. The Morgan fingerprint density at radius 1 is 1.14 bits per heavy atom. The summed E-state index contributed by atoms with van der Waals surface area (Å²) >= 11 is 1.76. The summed E-state index contributed by atoms with van der Waals surface area (Å²) in [5.41, 5.74) is 8.05. The largest absolute Gasteiger partial charge is 0.334 e. The summed E-state index contributed by atoms with van der Waals surface area (Å²) in [6, 6.07) is 9.59. The van der Waals surface area contributed by atoms with Crippen LogP contribution in [0.2, 0.25) is 0 Å². The van der Waals surface area contributed by atoms with Gasteiger partial charge in [-0.3, -0.25) is 9.59 Å². The number of carbonyl (C=O) groups is 2. The van der Waals surface area contributed by atoms with Gasteiger partial charge < -0.3 is 10.2 Å². The van der Waals surface area contributed by atoms with Crippen molar-refractivity contribution in [1.29, 1.82) is 0 Å². The van der Waals surface area contributed by atoms with Crippen LogP contribution in [-0.2, 0) is 24.2 Å². The summed E-state index contributed by atoms with van der Waals surface area (Å²) < 4.78 is 1.84. The first kappa shape index (κ1) is 23.2. The molecule has 0 atom stereocenters. The fourth-order valence-corrected chi connectivity index (χ4v) is 5.74. The Labute approximate surface area is 208 Å². The zero-order chi connectivity index (χ0) is 24.7. The van der Waals surface area contributed by atoms with Crippen LogP contribution in [0, 0.1) is 27.7 Å². The second kappa shape index (κ2) is 9.26. The van der Waals surface area contributed by atoms with E-state index in [0.29, 0.717) is 30.6 Å². The molecule has 0 radical (unpaired) electrons. The highest BCUT2D eigenvalue weighted by Gasteiger charge is 2.24. The van der Waals surface area contributed by atoms with Crippen LogP contribution in [0.1, 0.15) is 55.4 Å². The number of thiophene rings is 1. The van der Waals surface area contributed by atoms with Gasteiger partial charge in [0.05, 0.1) is 5.69 Å². The minimum atomic E-state index is -0.0888.